The second kappa shape index (κ2) is 4.12. The van der Waals surface area contributed by atoms with Crippen LogP contribution in [0.3, 0.4) is 0 Å². The van der Waals surface area contributed by atoms with E-state index in [1.807, 2.05) is 19.1 Å². The van der Waals surface area contributed by atoms with E-state index in [1.54, 1.807) is 11.3 Å². The molecule has 2 aromatic rings. The van der Waals surface area contributed by atoms with Gasteiger partial charge in [-0.15, -0.1) is 16.4 Å². The van der Waals surface area contributed by atoms with Crippen LogP contribution in [0.25, 0.3) is 0 Å². The third-order valence-electron chi connectivity index (χ3n) is 1.56. The van der Waals surface area contributed by atoms with E-state index in [0.29, 0.717) is 5.16 Å². The van der Waals surface area contributed by atoms with Crippen LogP contribution in [0.1, 0.15) is 10.7 Å². The van der Waals surface area contributed by atoms with Crippen LogP contribution in [0.5, 0.6) is 0 Å². The molecule has 2 aromatic heterocycles. The molecule has 0 aliphatic rings. The minimum Gasteiger partial charge on any atom is -0.391 e. The minimum absolute atomic E-state index is 0.0955. The summed E-state index contributed by atoms with van der Waals surface area (Å²) in [5.41, 5.74) is 0. The van der Waals surface area contributed by atoms with Gasteiger partial charge in [-0.25, -0.2) is 4.98 Å². The number of thiophene rings is 1. The molecule has 0 fully saturated rings. The van der Waals surface area contributed by atoms with Gasteiger partial charge in [0, 0.05) is 4.88 Å². The maximum atomic E-state index is 8.88. The van der Waals surface area contributed by atoms with Crippen molar-refractivity contribution in [3.63, 3.8) is 0 Å². The molecule has 2 heterocycles. The number of aromatic nitrogens is 3. The summed E-state index contributed by atoms with van der Waals surface area (Å²) in [6.07, 6.45) is 0. The molecule has 6 heteroatoms. The van der Waals surface area contributed by atoms with Crippen LogP contribution < -0.4 is 0 Å². The van der Waals surface area contributed by atoms with E-state index in [9.17, 15) is 0 Å². The Hall–Kier alpha value is -0.850. The lowest BCUT2D eigenvalue weighted by atomic mass is 10.5. The van der Waals surface area contributed by atoms with Crippen LogP contribution in [0.2, 0.25) is 0 Å². The number of rotatable bonds is 3. The Morgan fingerprint density at radius 3 is 3.00 bits per heavy atom. The van der Waals surface area contributed by atoms with E-state index in [-0.39, 0.29) is 6.61 Å². The van der Waals surface area contributed by atoms with E-state index in [0.717, 1.165) is 14.9 Å². The highest BCUT2D eigenvalue weighted by Gasteiger charge is 2.05. The fourth-order valence-corrected chi connectivity index (χ4v) is 2.85. The van der Waals surface area contributed by atoms with Crippen molar-refractivity contribution in [1.29, 1.82) is 0 Å². The van der Waals surface area contributed by atoms with Gasteiger partial charge < -0.3 is 5.11 Å². The SMILES string of the molecule is Cc1nc(Sc2ccc(CO)s2)n[nH]1. The van der Waals surface area contributed by atoms with Gasteiger partial charge in [0.05, 0.1) is 10.8 Å². The first-order valence-corrected chi connectivity index (χ1v) is 5.67. The lowest BCUT2D eigenvalue weighted by molar-refractivity contribution is 0.285. The molecule has 0 amide bonds. The quantitative estimate of drug-likeness (QED) is 0.839. The Balaban J connectivity index is 2.10. The second-order valence-corrected chi connectivity index (χ2v) is 5.12. The molecule has 0 saturated carbocycles. The van der Waals surface area contributed by atoms with Crippen molar-refractivity contribution in [1.82, 2.24) is 15.2 Å². The van der Waals surface area contributed by atoms with Gasteiger partial charge in [-0.2, -0.15) is 0 Å². The van der Waals surface area contributed by atoms with Crippen molar-refractivity contribution < 1.29 is 5.11 Å². The predicted octanol–water partition coefficient (Wildman–Crippen LogP) is 1.82. The summed E-state index contributed by atoms with van der Waals surface area (Å²) < 4.78 is 1.09. The molecule has 0 aliphatic heterocycles. The average molecular weight is 227 g/mol. The number of nitrogens with one attached hydrogen (secondary N) is 1. The van der Waals surface area contributed by atoms with E-state index in [2.05, 4.69) is 15.2 Å². The van der Waals surface area contributed by atoms with Gasteiger partial charge in [-0.1, -0.05) is 0 Å². The molecule has 4 nitrogen and oxygen atoms in total. The van der Waals surface area contributed by atoms with Crippen molar-refractivity contribution in [3.05, 3.63) is 22.8 Å². The van der Waals surface area contributed by atoms with Crippen LogP contribution in [-0.2, 0) is 6.61 Å². The van der Waals surface area contributed by atoms with E-state index < -0.39 is 0 Å². The number of nitrogens with zero attached hydrogens (tertiary/aromatic N) is 2. The molecular weight excluding hydrogens is 218 g/mol. The largest absolute Gasteiger partial charge is 0.391 e. The monoisotopic (exact) mass is 227 g/mol. The maximum Gasteiger partial charge on any atom is 0.214 e. The fraction of sp³-hybridized carbons (Fsp3) is 0.250. The molecule has 0 unspecified atom stereocenters. The van der Waals surface area contributed by atoms with E-state index in [1.165, 1.54) is 11.8 Å². The second-order valence-electron chi connectivity index (χ2n) is 2.68. The zero-order valence-corrected chi connectivity index (χ0v) is 9.15. The highest BCUT2D eigenvalue weighted by Crippen LogP contribution is 2.31. The number of hydrogen-bond donors (Lipinski definition) is 2. The molecule has 0 radical (unpaired) electrons. The van der Waals surface area contributed by atoms with Crippen molar-refractivity contribution in [2.75, 3.05) is 0 Å². The van der Waals surface area contributed by atoms with Crippen molar-refractivity contribution in [3.8, 4) is 0 Å². The highest BCUT2D eigenvalue weighted by atomic mass is 32.2. The molecule has 0 aliphatic carbocycles. The normalized spacial score (nSPS) is 10.7. The predicted molar refractivity (Wildman–Crippen MR) is 55.5 cm³/mol. The van der Waals surface area contributed by atoms with Gasteiger partial charge in [-0.3, -0.25) is 5.10 Å². The van der Waals surface area contributed by atoms with Gasteiger partial charge in [0.15, 0.2) is 0 Å². The van der Waals surface area contributed by atoms with Gasteiger partial charge in [0.2, 0.25) is 5.16 Å². The molecule has 0 spiro atoms. The van der Waals surface area contributed by atoms with E-state index >= 15 is 0 Å². The smallest absolute Gasteiger partial charge is 0.214 e. The molecule has 0 aromatic carbocycles. The summed E-state index contributed by atoms with van der Waals surface area (Å²) in [6, 6.07) is 3.87. The molecule has 74 valence electrons. The van der Waals surface area contributed by atoms with Gasteiger partial charge in [-0.05, 0) is 30.8 Å². The first-order chi connectivity index (χ1) is 6.78. The number of aliphatic hydroxyl groups excluding tert-OH is 1. The summed E-state index contributed by atoms with van der Waals surface area (Å²) in [4.78, 5) is 5.14. The third-order valence-corrected chi connectivity index (χ3v) is 3.63. The van der Waals surface area contributed by atoms with Gasteiger partial charge in [0.1, 0.15) is 5.82 Å². The maximum absolute atomic E-state index is 8.88. The average Bonchev–Trinajstić information content (AvgIpc) is 2.76. The molecule has 0 atom stereocenters. The molecule has 2 N–H and O–H groups in total. The van der Waals surface area contributed by atoms with E-state index in [4.69, 9.17) is 5.11 Å². The first kappa shape index (κ1) is 9.70. The number of aliphatic hydroxyl groups is 1. The van der Waals surface area contributed by atoms with Crippen molar-refractivity contribution in [2.45, 2.75) is 22.9 Å². The highest BCUT2D eigenvalue weighted by molar-refractivity contribution is 8.01. The third kappa shape index (κ3) is 2.14. The zero-order chi connectivity index (χ0) is 9.97. The Labute approximate surface area is 89.4 Å². The Bertz CT molecular complexity index is 424. The summed E-state index contributed by atoms with van der Waals surface area (Å²) in [6.45, 7) is 1.96. The molecule has 14 heavy (non-hydrogen) atoms. The Kier molecular flexibility index (Phi) is 2.85. The zero-order valence-electron chi connectivity index (χ0n) is 7.52. The molecule has 0 bridgehead atoms. The van der Waals surface area contributed by atoms with Crippen LogP contribution >= 0.6 is 23.1 Å². The van der Waals surface area contributed by atoms with Crippen LogP contribution in [-0.4, -0.2) is 20.3 Å². The van der Waals surface area contributed by atoms with Crippen molar-refractivity contribution >= 4 is 23.1 Å². The topological polar surface area (TPSA) is 61.8 Å². The summed E-state index contributed by atoms with van der Waals surface area (Å²) in [7, 11) is 0. The molecule has 0 saturated heterocycles. The summed E-state index contributed by atoms with van der Waals surface area (Å²) in [5.74, 6) is 0.812. The Morgan fingerprint density at radius 2 is 2.43 bits per heavy atom. The lowest BCUT2D eigenvalue weighted by Crippen LogP contribution is -1.72. The van der Waals surface area contributed by atoms with Gasteiger partial charge >= 0.3 is 0 Å². The van der Waals surface area contributed by atoms with Crippen LogP contribution in [0, 0.1) is 6.92 Å². The lowest BCUT2D eigenvalue weighted by Gasteiger charge is -1.88. The van der Waals surface area contributed by atoms with Crippen LogP contribution in [0.4, 0.5) is 0 Å². The number of aryl methyl sites for hydroxylation is 1. The summed E-state index contributed by atoms with van der Waals surface area (Å²) in [5, 5.41) is 16.4. The number of hydrogen-bond acceptors (Lipinski definition) is 5. The fourth-order valence-electron chi connectivity index (χ4n) is 0.956. The molecule has 2 rings (SSSR count). The first-order valence-electron chi connectivity index (χ1n) is 4.04. The molecular formula is C8H9N3OS2. The van der Waals surface area contributed by atoms with Gasteiger partial charge in [0.25, 0.3) is 0 Å². The number of H-pyrrole nitrogens is 1. The number of aromatic amines is 1. The summed E-state index contributed by atoms with van der Waals surface area (Å²) >= 11 is 3.05. The van der Waals surface area contributed by atoms with Crippen molar-refractivity contribution in [2.24, 2.45) is 0 Å². The standard InChI is InChI=1S/C8H9N3OS2/c1-5-9-8(11-10-5)14-7-3-2-6(4-12)13-7/h2-3,12H,4H2,1H3,(H,9,10,11). The van der Waals surface area contributed by atoms with Crippen LogP contribution in [0.15, 0.2) is 21.5 Å². The Morgan fingerprint density at radius 1 is 1.57 bits per heavy atom. The minimum atomic E-state index is 0.0955.